The van der Waals surface area contributed by atoms with E-state index < -0.39 is 11.7 Å². The molecule has 0 unspecified atom stereocenters. The van der Waals surface area contributed by atoms with E-state index in [2.05, 4.69) is 4.99 Å². The number of hydrogen-bond donors (Lipinski definition) is 2. The van der Waals surface area contributed by atoms with Crippen molar-refractivity contribution in [3.63, 3.8) is 0 Å². The summed E-state index contributed by atoms with van der Waals surface area (Å²) in [6.45, 7) is 0.193. The molecule has 24 heavy (non-hydrogen) atoms. The Morgan fingerprint density at radius 3 is 2.50 bits per heavy atom. The summed E-state index contributed by atoms with van der Waals surface area (Å²) in [4.78, 5) is 3.88. The summed E-state index contributed by atoms with van der Waals surface area (Å²) in [7, 11) is 0. The third-order valence-corrected chi connectivity index (χ3v) is 3.57. The maximum Gasteiger partial charge on any atom is 0.417 e. The minimum absolute atomic E-state index is 0.0305. The Balaban J connectivity index is 2.12. The van der Waals surface area contributed by atoms with Crippen LogP contribution in [0.25, 0.3) is 0 Å². The van der Waals surface area contributed by atoms with E-state index in [1.165, 1.54) is 12.1 Å². The molecule has 2 aromatic rings. The van der Waals surface area contributed by atoms with Gasteiger partial charge in [-0.25, -0.2) is 4.99 Å². The molecule has 0 amide bonds. The summed E-state index contributed by atoms with van der Waals surface area (Å²) in [5.41, 5.74) is 10.7. The predicted molar refractivity (Wildman–Crippen MR) is 86.7 cm³/mol. The predicted octanol–water partition coefficient (Wildman–Crippen LogP) is 3.71. The number of benzene rings is 2. The van der Waals surface area contributed by atoms with Crippen LogP contribution in [0.4, 0.5) is 13.2 Å². The van der Waals surface area contributed by atoms with Crippen molar-refractivity contribution < 1.29 is 17.9 Å². The zero-order valence-corrected chi connectivity index (χ0v) is 13.2. The van der Waals surface area contributed by atoms with Gasteiger partial charge in [0, 0.05) is 5.56 Å². The molecule has 4 N–H and O–H groups in total. The molecule has 8 heteroatoms. The number of guanidine groups is 1. The minimum Gasteiger partial charge on any atom is -0.489 e. The van der Waals surface area contributed by atoms with Gasteiger partial charge in [-0.2, -0.15) is 13.2 Å². The summed E-state index contributed by atoms with van der Waals surface area (Å²) in [6.07, 6.45) is -4.51. The molecule has 4 nitrogen and oxygen atoms in total. The van der Waals surface area contributed by atoms with Gasteiger partial charge in [0.1, 0.15) is 12.4 Å². The second-order valence-corrected chi connectivity index (χ2v) is 5.33. The number of hydrogen-bond acceptors (Lipinski definition) is 2. The standard InChI is InChI=1S/C16H15ClF3N3O/c17-14-11(4-2-6-13(14)16(18,19)20)9-24-12-5-1-3-10(7-12)8-23-15(21)22/h1-7H,8-9H2,(H4,21,22,23). The lowest BCUT2D eigenvalue weighted by molar-refractivity contribution is -0.137. The van der Waals surface area contributed by atoms with Crippen LogP contribution in [0, 0.1) is 0 Å². The van der Waals surface area contributed by atoms with Crippen LogP contribution in [0.15, 0.2) is 47.5 Å². The van der Waals surface area contributed by atoms with Crippen molar-refractivity contribution in [2.45, 2.75) is 19.3 Å². The van der Waals surface area contributed by atoms with Crippen molar-refractivity contribution in [3.05, 3.63) is 64.2 Å². The molecule has 0 heterocycles. The smallest absolute Gasteiger partial charge is 0.417 e. The van der Waals surface area contributed by atoms with Gasteiger partial charge >= 0.3 is 6.18 Å². The summed E-state index contributed by atoms with van der Waals surface area (Å²) in [5, 5.41) is -0.360. The molecule has 0 spiro atoms. The van der Waals surface area contributed by atoms with Crippen LogP contribution >= 0.6 is 11.6 Å². The summed E-state index contributed by atoms with van der Waals surface area (Å²) in [6, 6.07) is 10.6. The zero-order chi connectivity index (χ0) is 17.7. The molecule has 0 fully saturated rings. The highest BCUT2D eigenvalue weighted by Gasteiger charge is 2.33. The number of rotatable bonds is 5. The van der Waals surface area contributed by atoms with Crippen LogP contribution in [0.2, 0.25) is 5.02 Å². The molecular formula is C16H15ClF3N3O. The van der Waals surface area contributed by atoms with Crippen molar-refractivity contribution >= 4 is 17.6 Å². The average Bonchev–Trinajstić information content (AvgIpc) is 2.51. The third kappa shape index (κ3) is 4.79. The van der Waals surface area contributed by atoms with Crippen LogP contribution in [0.3, 0.4) is 0 Å². The quantitative estimate of drug-likeness (QED) is 0.632. The highest BCUT2D eigenvalue weighted by molar-refractivity contribution is 6.32. The average molecular weight is 358 g/mol. The number of nitrogens with zero attached hydrogens (tertiary/aromatic N) is 1. The Morgan fingerprint density at radius 2 is 1.83 bits per heavy atom. The summed E-state index contributed by atoms with van der Waals surface area (Å²) >= 11 is 5.83. The molecule has 0 atom stereocenters. The minimum atomic E-state index is -4.51. The van der Waals surface area contributed by atoms with Crippen LogP contribution in [0.1, 0.15) is 16.7 Å². The molecule has 0 aliphatic carbocycles. The lowest BCUT2D eigenvalue weighted by Crippen LogP contribution is -2.22. The molecular weight excluding hydrogens is 343 g/mol. The molecule has 0 aliphatic rings. The normalized spacial score (nSPS) is 11.2. The van der Waals surface area contributed by atoms with E-state index in [0.717, 1.165) is 11.6 Å². The van der Waals surface area contributed by atoms with E-state index in [-0.39, 0.29) is 29.7 Å². The number of aliphatic imine (C=N–C) groups is 1. The van der Waals surface area contributed by atoms with Gasteiger partial charge in [-0.05, 0) is 23.8 Å². The Labute approximate surface area is 141 Å². The number of alkyl halides is 3. The van der Waals surface area contributed by atoms with E-state index in [4.69, 9.17) is 27.8 Å². The first kappa shape index (κ1) is 17.9. The SMILES string of the molecule is NC(N)=NCc1cccc(OCc2cccc(C(F)(F)F)c2Cl)c1. The molecule has 0 radical (unpaired) electrons. The second-order valence-electron chi connectivity index (χ2n) is 4.95. The first-order valence-electron chi connectivity index (χ1n) is 6.89. The topological polar surface area (TPSA) is 73.6 Å². The van der Waals surface area contributed by atoms with Crippen molar-refractivity contribution in [3.8, 4) is 5.75 Å². The first-order valence-corrected chi connectivity index (χ1v) is 7.27. The number of halogens is 4. The van der Waals surface area contributed by atoms with E-state index in [0.29, 0.717) is 5.75 Å². The summed E-state index contributed by atoms with van der Waals surface area (Å²) in [5.74, 6) is 0.448. The largest absolute Gasteiger partial charge is 0.489 e. The van der Waals surface area contributed by atoms with Crippen molar-refractivity contribution in [2.75, 3.05) is 0 Å². The Morgan fingerprint density at radius 1 is 1.12 bits per heavy atom. The Hall–Kier alpha value is -2.41. The van der Waals surface area contributed by atoms with Gasteiger partial charge in [-0.1, -0.05) is 35.9 Å². The third-order valence-electron chi connectivity index (χ3n) is 3.12. The van der Waals surface area contributed by atoms with Gasteiger partial charge < -0.3 is 16.2 Å². The van der Waals surface area contributed by atoms with E-state index in [9.17, 15) is 13.2 Å². The van der Waals surface area contributed by atoms with Gasteiger partial charge in [0.15, 0.2) is 5.96 Å². The van der Waals surface area contributed by atoms with E-state index in [1.807, 2.05) is 0 Å². The van der Waals surface area contributed by atoms with Crippen molar-refractivity contribution in [2.24, 2.45) is 16.5 Å². The monoisotopic (exact) mass is 357 g/mol. The van der Waals surface area contributed by atoms with E-state index in [1.54, 1.807) is 24.3 Å². The molecule has 0 aromatic heterocycles. The highest BCUT2D eigenvalue weighted by Crippen LogP contribution is 2.36. The van der Waals surface area contributed by atoms with E-state index >= 15 is 0 Å². The second kappa shape index (κ2) is 7.44. The molecule has 2 aromatic carbocycles. The lowest BCUT2D eigenvalue weighted by Gasteiger charge is -2.13. The summed E-state index contributed by atoms with van der Waals surface area (Å²) < 4.78 is 44.0. The van der Waals surface area contributed by atoms with Crippen LogP contribution in [0.5, 0.6) is 5.75 Å². The lowest BCUT2D eigenvalue weighted by atomic mass is 10.1. The van der Waals surface area contributed by atoms with Crippen molar-refractivity contribution in [1.82, 2.24) is 0 Å². The Kier molecular flexibility index (Phi) is 5.56. The maximum atomic E-state index is 12.8. The van der Waals surface area contributed by atoms with Gasteiger partial charge in [0.05, 0.1) is 17.1 Å². The van der Waals surface area contributed by atoms with Crippen LogP contribution in [-0.2, 0) is 19.3 Å². The molecule has 0 saturated carbocycles. The van der Waals surface area contributed by atoms with Gasteiger partial charge in [-0.15, -0.1) is 0 Å². The van der Waals surface area contributed by atoms with Gasteiger partial charge in [0.2, 0.25) is 0 Å². The highest BCUT2D eigenvalue weighted by atomic mass is 35.5. The van der Waals surface area contributed by atoms with Crippen LogP contribution < -0.4 is 16.2 Å². The molecule has 0 aliphatic heterocycles. The van der Waals surface area contributed by atoms with Gasteiger partial charge in [-0.3, -0.25) is 0 Å². The van der Waals surface area contributed by atoms with Gasteiger partial charge in [0.25, 0.3) is 0 Å². The molecule has 0 bridgehead atoms. The Bertz CT molecular complexity index is 744. The van der Waals surface area contributed by atoms with Crippen LogP contribution in [-0.4, -0.2) is 5.96 Å². The molecule has 2 rings (SSSR count). The number of nitrogens with two attached hydrogens (primary N) is 2. The fourth-order valence-electron chi connectivity index (χ4n) is 1.99. The molecule has 128 valence electrons. The number of ether oxygens (including phenoxy) is 1. The zero-order valence-electron chi connectivity index (χ0n) is 12.5. The van der Waals surface area contributed by atoms with Crippen molar-refractivity contribution in [1.29, 1.82) is 0 Å². The fraction of sp³-hybridized carbons (Fsp3) is 0.188. The first-order chi connectivity index (χ1) is 11.3. The molecule has 0 saturated heterocycles. The maximum absolute atomic E-state index is 12.8. The fourth-order valence-corrected chi connectivity index (χ4v) is 2.28.